The normalized spacial score (nSPS) is 9.76. The number of aromatic amines is 1. The van der Waals surface area contributed by atoms with Crippen molar-refractivity contribution >= 4 is 11.6 Å². The largest absolute Gasteiger partial charge is 0.358 e. The van der Waals surface area contributed by atoms with E-state index in [1.165, 1.54) is 0 Å². The van der Waals surface area contributed by atoms with E-state index in [1.807, 2.05) is 25.1 Å². The van der Waals surface area contributed by atoms with Crippen molar-refractivity contribution in [2.75, 3.05) is 0 Å². The molecule has 2 aromatic rings. The number of benzene rings is 1. The summed E-state index contributed by atoms with van der Waals surface area (Å²) in [5.74, 6) is -0.0812. The van der Waals surface area contributed by atoms with Gasteiger partial charge in [0.1, 0.15) is 0 Å². The third kappa shape index (κ3) is 3.89. The van der Waals surface area contributed by atoms with Crippen LogP contribution < -0.4 is 0 Å². The van der Waals surface area contributed by atoms with E-state index in [0.29, 0.717) is 23.2 Å². The number of hydrogen-bond acceptors (Lipinski definition) is 2. The predicted molar refractivity (Wildman–Crippen MR) is 82.9 cm³/mol. The smallest absolute Gasteiger partial charge is 0.209 e. The van der Waals surface area contributed by atoms with Gasteiger partial charge in [-0.05, 0) is 12.1 Å². The Morgan fingerprint density at radius 1 is 0.857 bits per heavy atom. The van der Waals surface area contributed by atoms with Crippen LogP contribution in [0, 0.1) is 0 Å². The second kappa shape index (κ2) is 7.20. The molecule has 0 atom stereocenters. The number of aromatic nitrogens is 1. The van der Waals surface area contributed by atoms with Gasteiger partial charge in [-0.15, -0.1) is 0 Å². The van der Waals surface area contributed by atoms with Crippen LogP contribution in [0.5, 0.6) is 0 Å². The summed E-state index contributed by atoms with van der Waals surface area (Å²) in [5, 5.41) is 0. The number of H-pyrrole nitrogens is 1. The molecule has 21 heavy (non-hydrogen) atoms. The first-order valence-corrected chi connectivity index (χ1v) is 6.87. The van der Waals surface area contributed by atoms with E-state index in [4.69, 9.17) is 0 Å². The van der Waals surface area contributed by atoms with E-state index >= 15 is 0 Å². The molecule has 0 spiro atoms. The number of ketones is 2. The van der Waals surface area contributed by atoms with Gasteiger partial charge in [0.25, 0.3) is 0 Å². The standard InChI is InChI=1S/C18H17NO2/c1-2-17(20)15-11-7-4-8-12-16(19-13-15)18(21)14-9-5-3-6-10-14/h3-13,19H,2H2,1H3. The Labute approximate surface area is 124 Å². The topological polar surface area (TPSA) is 49.9 Å². The van der Waals surface area contributed by atoms with E-state index in [9.17, 15) is 9.59 Å². The van der Waals surface area contributed by atoms with Crippen molar-refractivity contribution in [1.29, 1.82) is 0 Å². The number of carbonyl (C=O) groups is 2. The zero-order chi connectivity index (χ0) is 15.1. The molecule has 1 aromatic heterocycles. The zero-order valence-electron chi connectivity index (χ0n) is 11.9. The molecule has 0 unspecified atom stereocenters. The molecule has 2 rings (SSSR count). The van der Waals surface area contributed by atoms with Crippen LogP contribution in [0.1, 0.15) is 39.8 Å². The van der Waals surface area contributed by atoms with Crippen LogP contribution in [0.15, 0.2) is 66.9 Å². The van der Waals surface area contributed by atoms with Gasteiger partial charge >= 0.3 is 0 Å². The Morgan fingerprint density at radius 3 is 2.05 bits per heavy atom. The van der Waals surface area contributed by atoms with Gasteiger partial charge in [0.05, 0.1) is 5.69 Å². The molecule has 3 nitrogen and oxygen atoms in total. The molecule has 1 aromatic carbocycles. The fraction of sp³-hybridized carbons (Fsp3) is 0.111. The van der Waals surface area contributed by atoms with Gasteiger partial charge in [0.2, 0.25) is 5.78 Å². The summed E-state index contributed by atoms with van der Waals surface area (Å²) in [6.45, 7) is 1.81. The number of Topliss-reactive ketones (excluding diaryl/α,β-unsaturated/α-hetero) is 1. The van der Waals surface area contributed by atoms with Gasteiger partial charge in [0.15, 0.2) is 5.78 Å². The summed E-state index contributed by atoms with van der Waals surface area (Å²) in [6.07, 6.45) is 2.01. The first-order chi connectivity index (χ1) is 10.2. The molecule has 3 heteroatoms. The Kier molecular flexibility index (Phi) is 5.04. The highest BCUT2D eigenvalue weighted by Crippen LogP contribution is 2.07. The summed E-state index contributed by atoms with van der Waals surface area (Å²) >= 11 is 0. The van der Waals surface area contributed by atoms with Crippen molar-refractivity contribution in [3.8, 4) is 0 Å². The molecule has 0 bridgehead atoms. The lowest BCUT2D eigenvalue weighted by molar-refractivity contribution is 0.0985. The molecule has 106 valence electrons. The molecule has 0 fully saturated rings. The van der Waals surface area contributed by atoms with Gasteiger partial charge in [-0.3, -0.25) is 9.59 Å². The van der Waals surface area contributed by atoms with Crippen LogP contribution in [0.25, 0.3) is 0 Å². The molecule has 0 saturated carbocycles. The maximum atomic E-state index is 12.4. The fourth-order valence-corrected chi connectivity index (χ4v) is 1.89. The average molecular weight is 279 g/mol. The fourth-order valence-electron chi connectivity index (χ4n) is 1.89. The van der Waals surface area contributed by atoms with Gasteiger partial charge in [-0.2, -0.15) is 0 Å². The van der Waals surface area contributed by atoms with E-state index in [0.717, 1.165) is 0 Å². The summed E-state index contributed by atoms with van der Waals surface area (Å²) in [6, 6.07) is 17.8. The highest BCUT2D eigenvalue weighted by molar-refractivity contribution is 6.07. The summed E-state index contributed by atoms with van der Waals surface area (Å²) in [7, 11) is 0. The van der Waals surface area contributed by atoms with E-state index in [2.05, 4.69) is 4.98 Å². The lowest BCUT2D eigenvalue weighted by Gasteiger charge is -1.99. The number of nitrogens with one attached hydrogen (secondary N) is 1. The third-order valence-corrected chi connectivity index (χ3v) is 3.07. The number of rotatable bonds is 4. The maximum absolute atomic E-state index is 12.4. The van der Waals surface area contributed by atoms with Crippen molar-refractivity contribution in [2.45, 2.75) is 13.3 Å². The highest BCUT2D eigenvalue weighted by Gasteiger charge is 2.07. The molecule has 0 radical (unpaired) electrons. The lowest BCUT2D eigenvalue weighted by atomic mass is 10.1. The van der Waals surface area contributed by atoms with E-state index < -0.39 is 0 Å². The zero-order valence-corrected chi connectivity index (χ0v) is 11.9. The van der Waals surface area contributed by atoms with Crippen molar-refractivity contribution < 1.29 is 9.59 Å². The summed E-state index contributed by atoms with van der Waals surface area (Å²) < 4.78 is 0. The Hall–Kier alpha value is -2.68. The molecule has 0 aliphatic rings. The van der Waals surface area contributed by atoms with Gasteiger partial charge in [-0.1, -0.05) is 55.5 Å². The van der Waals surface area contributed by atoms with Gasteiger partial charge in [-0.25, -0.2) is 0 Å². The quantitative estimate of drug-likeness (QED) is 0.861. The minimum atomic E-state index is -0.110. The molecular formula is C18H17NO2. The first-order valence-electron chi connectivity index (χ1n) is 6.87. The van der Waals surface area contributed by atoms with Crippen LogP contribution in [-0.4, -0.2) is 16.6 Å². The number of carbonyl (C=O) groups excluding carboxylic acids is 2. The van der Waals surface area contributed by atoms with Crippen LogP contribution in [-0.2, 0) is 0 Å². The van der Waals surface area contributed by atoms with Crippen molar-refractivity contribution in [3.63, 3.8) is 0 Å². The van der Waals surface area contributed by atoms with Crippen molar-refractivity contribution in [3.05, 3.63) is 83.7 Å². The van der Waals surface area contributed by atoms with Gasteiger partial charge < -0.3 is 4.98 Å². The molecular weight excluding hydrogens is 262 g/mol. The van der Waals surface area contributed by atoms with Crippen LogP contribution in [0.2, 0.25) is 0 Å². The second-order valence-corrected chi connectivity index (χ2v) is 4.54. The molecule has 0 aliphatic heterocycles. The maximum Gasteiger partial charge on any atom is 0.209 e. The van der Waals surface area contributed by atoms with Gasteiger partial charge in [0, 0.05) is 23.7 Å². The van der Waals surface area contributed by atoms with Crippen molar-refractivity contribution in [2.24, 2.45) is 0 Å². The first kappa shape index (κ1) is 14.7. The minimum Gasteiger partial charge on any atom is -0.358 e. The minimum absolute atomic E-state index is 0.0283. The Bertz CT molecular complexity index is 685. The van der Waals surface area contributed by atoms with Crippen LogP contribution in [0.3, 0.4) is 0 Å². The second-order valence-electron chi connectivity index (χ2n) is 4.54. The highest BCUT2D eigenvalue weighted by atomic mass is 16.1. The average Bonchev–Trinajstić information content (AvgIpc) is 2.66. The Morgan fingerprint density at radius 2 is 1.43 bits per heavy atom. The molecule has 1 N–H and O–H groups in total. The Balaban J connectivity index is 2.47. The lowest BCUT2D eigenvalue weighted by Crippen LogP contribution is -2.03. The molecule has 0 saturated heterocycles. The summed E-state index contributed by atoms with van der Waals surface area (Å²) in [4.78, 5) is 27.2. The summed E-state index contributed by atoms with van der Waals surface area (Å²) in [5.41, 5.74) is 1.59. The number of hydrogen-bond donors (Lipinski definition) is 1. The SMILES string of the molecule is CCC(=O)c1cccccc(C(=O)c2ccccc2)[nH]c1. The predicted octanol–water partition coefficient (Wildman–Crippen LogP) is 3.96. The molecule has 0 amide bonds. The van der Waals surface area contributed by atoms with Crippen molar-refractivity contribution in [1.82, 2.24) is 4.98 Å². The van der Waals surface area contributed by atoms with Crippen LogP contribution in [0.4, 0.5) is 0 Å². The van der Waals surface area contributed by atoms with E-state index in [-0.39, 0.29) is 11.6 Å². The molecule has 0 aliphatic carbocycles. The monoisotopic (exact) mass is 279 g/mol. The molecule has 1 heterocycles. The third-order valence-electron chi connectivity index (χ3n) is 3.07. The van der Waals surface area contributed by atoms with E-state index in [1.54, 1.807) is 48.7 Å². The van der Waals surface area contributed by atoms with Crippen LogP contribution >= 0.6 is 0 Å².